The highest BCUT2D eigenvalue weighted by atomic mass is 14.6. The smallest absolute Gasteiger partial charge is 0.0264 e. The Morgan fingerprint density at radius 2 is 1.68 bits per heavy atom. The number of hydrogen-bond acceptors (Lipinski definition) is 0. The van der Waals surface area contributed by atoms with Crippen LogP contribution in [-0.4, -0.2) is 0 Å². The average Bonchev–Trinajstić information content (AvgIpc) is 2.38. The van der Waals surface area contributed by atoms with Crippen molar-refractivity contribution >= 4 is 0 Å². The number of rotatable bonds is 1. The normalized spacial score (nSPS) is 50.7. The molecule has 0 bridgehead atoms. The van der Waals surface area contributed by atoms with Crippen LogP contribution in [0.25, 0.3) is 0 Å². The van der Waals surface area contributed by atoms with Crippen molar-refractivity contribution in [1.29, 1.82) is 0 Å². The first-order chi connectivity index (χ1) is 9.02. The summed E-state index contributed by atoms with van der Waals surface area (Å²) in [6, 6.07) is 0. The molecule has 0 aromatic carbocycles. The molecule has 110 valence electrons. The summed E-state index contributed by atoms with van der Waals surface area (Å²) in [7, 11) is 0. The Morgan fingerprint density at radius 1 is 0.947 bits per heavy atom. The van der Waals surface area contributed by atoms with E-state index in [9.17, 15) is 0 Å². The van der Waals surface area contributed by atoms with Gasteiger partial charge in [0.2, 0.25) is 0 Å². The van der Waals surface area contributed by atoms with Crippen LogP contribution < -0.4 is 0 Å². The van der Waals surface area contributed by atoms with Gasteiger partial charge in [0.15, 0.2) is 0 Å². The zero-order chi connectivity index (χ0) is 13.6. The van der Waals surface area contributed by atoms with Gasteiger partial charge in [-0.2, -0.15) is 0 Å². The van der Waals surface area contributed by atoms with Gasteiger partial charge in [-0.3, -0.25) is 0 Å². The summed E-state index contributed by atoms with van der Waals surface area (Å²) in [4.78, 5) is 0. The van der Waals surface area contributed by atoms with Crippen LogP contribution in [0, 0.1) is 40.9 Å². The first-order valence-corrected chi connectivity index (χ1v) is 9.02. The summed E-state index contributed by atoms with van der Waals surface area (Å²) in [6.07, 6.45) is 12.3. The monoisotopic (exact) mass is 262 g/mol. The van der Waals surface area contributed by atoms with E-state index in [2.05, 4.69) is 27.7 Å². The third kappa shape index (κ3) is 2.28. The molecule has 3 aliphatic rings. The second-order valence-electron chi connectivity index (χ2n) is 8.74. The molecule has 6 atom stereocenters. The Hall–Kier alpha value is 0. The highest BCUT2D eigenvalue weighted by Gasteiger charge is 2.52. The highest BCUT2D eigenvalue weighted by Crippen LogP contribution is 2.61. The molecule has 3 fully saturated rings. The first kappa shape index (κ1) is 14.0. The van der Waals surface area contributed by atoms with E-state index >= 15 is 0 Å². The van der Waals surface area contributed by atoms with Gasteiger partial charge in [-0.25, -0.2) is 0 Å². The molecule has 0 spiro atoms. The van der Waals surface area contributed by atoms with Crippen molar-refractivity contribution in [2.24, 2.45) is 40.9 Å². The van der Waals surface area contributed by atoms with Crippen LogP contribution in [0.15, 0.2) is 0 Å². The van der Waals surface area contributed by atoms with Crippen LogP contribution in [0.1, 0.15) is 79.1 Å². The van der Waals surface area contributed by atoms with Crippen LogP contribution in [0.3, 0.4) is 0 Å². The summed E-state index contributed by atoms with van der Waals surface area (Å²) >= 11 is 0. The van der Waals surface area contributed by atoms with Crippen molar-refractivity contribution in [2.75, 3.05) is 0 Å². The largest absolute Gasteiger partial charge is 0.0625 e. The van der Waals surface area contributed by atoms with E-state index in [-0.39, 0.29) is 0 Å². The fourth-order valence-corrected chi connectivity index (χ4v) is 6.40. The van der Waals surface area contributed by atoms with E-state index in [1.165, 1.54) is 25.7 Å². The molecule has 0 N–H and O–H groups in total. The lowest BCUT2D eigenvalue weighted by atomic mass is 9.47. The standard InChI is InChI=1S/C19H34/c1-13(2)15-7-10-18-16(12-15)8-9-17-14(3)6-5-11-19(17,18)4/h13-18H,5-12H2,1-4H3. The number of hydrogen-bond donors (Lipinski definition) is 0. The van der Waals surface area contributed by atoms with E-state index in [0.717, 1.165) is 35.5 Å². The Morgan fingerprint density at radius 3 is 2.42 bits per heavy atom. The van der Waals surface area contributed by atoms with E-state index in [4.69, 9.17) is 0 Å². The van der Waals surface area contributed by atoms with E-state index < -0.39 is 0 Å². The predicted octanol–water partition coefficient (Wildman–Crippen LogP) is 5.91. The second kappa shape index (κ2) is 5.08. The molecule has 0 amide bonds. The molecule has 0 saturated heterocycles. The minimum absolute atomic E-state index is 0.711. The molecule has 3 saturated carbocycles. The molecule has 0 aliphatic heterocycles. The van der Waals surface area contributed by atoms with Crippen molar-refractivity contribution in [3.63, 3.8) is 0 Å². The minimum atomic E-state index is 0.711. The topological polar surface area (TPSA) is 0 Å². The minimum Gasteiger partial charge on any atom is -0.0625 e. The summed E-state index contributed by atoms with van der Waals surface area (Å²) in [6.45, 7) is 10.1. The third-order valence-corrected chi connectivity index (χ3v) is 7.57. The molecule has 0 heterocycles. The summed E-state index contributed by atoms with van der Waals surface area (Å²) in [5, 5.41) is 0. The van der Waals surface area contributed by atoms with Gasteiger partial charge in [0.1, 0.15) is 0 Å². The van der Waals surface area contributed by atoms with Crippen LogP contribution >= 0.6 is 0 Å². The first-order valence-electron chi connectivity index (χ1n) is 9.02. The van der Waals surface area contributed by atoms with Crippen LogP contribution in [-0.2, 0) is 0 Å². The number of fused-ring (bicyclic) bond motifs is 3. The fourth-order valence-electron chi connectivity index (χ4n) is 6.40. The van der Waals surface area contributed by atoms with Crippen molar-refractivity contribution in [2.45, 2.75) is 79.1 Å². The molecule has 3 rings (SSSR count). The lowest BCUT2D eigenvalue weighted by molar-refractivity contribution is -0.0873. The van der Waals surface area contributed by atoms with E-state index in [0.29, 0.717) is 5.41 Å². The molecule has 0 aromatic rings. The predicted molar refractivity (Wildman–Crippen MR) is 83.0 cm³/mol. The summed E-state index contributed by atoms with van der Waals surface area (Å²) in [5.41, 5.74) is 0.711. The van der Waals surface area contributed by atoms with Crippen molar-refractivity contribution in [3.05, 3.63) is 0 Å². The molecular weight excluding hydrogens is 228 g/mol. The van der Waals surface area contributed by atoms with Gasteiger partial charge in [0, 0.05) is 0 Å². The van der Waals surface area contributed by atoms with Gasteiger partial charge >= 0.3 is 0 Å². The Labute approximate surface area is 120 Å². The highest BCUT2D eigenvalue weighted by molar-refractivity contribution is 5.01. The molecular formula is C19H34. The van der Waals surface area contributed by atoms with Gasteiger partial charge in [0.05, 0.1) is 0 Å². The van der Waals surface area contributed by atoms with Gasteiger partial charge in [-0.1, -0.05) is 40.5 Å². The molecule has 0 heteroatoms. The maximum Gasteiger partial charge on any atom is -0.0264 e. The molecule has 6 unspecified atom stereocenters. The molecule has 0 nitrogen and oxygen atoms in total. The Balaban J connectivity index is 1.78. The van der Waals surface area contributed by atoms with E-state index in [1.54, 1.807) is 25.7 Å². The van der Waals surface area contributed by atoms with Crippen molar-refractivity contribution in [1.82, 2.24) is 0 Å². The summed E-state index contributed by atoms with van der Waals surface area (Å²) < 4.78 is 0. The lowest BCUT2D eigenvalue weighted by Crippen LogP contribution is -2.50. The van der Waals surface area contributed by atoms with Crippen LogP contribution in [0.5, 0.6) is 0 Å². The molecule has 0 radical (unpaired) electrons. The van der Waals surface area contributed by atoms with E-state index in [1.807, 2.05) is 0 Å². The van der Waals surface area contributed by atoms with Gasteiger partial charge in [-0.15, -0.1) is 0 Å². The average molecular weight is 262 g/mol. The van der Waals surface area contributed by atoms with Crippen molar-refractivity contribution in [3.8, 4) is 0 Å². The summed E-state index contributed by atoms with van der Waals surface area (Å²) in [5.74, 6) is 6.15. The van der Waals surface area contributed by atoms with Gasteiger partial charge < -0.3 is 0 Å². The maximum absolute atomic E-state index is 2.68. The molecule has 3 aliphatic carbocycles. The quantitative estimate of drug-likeness (QED) is 0.551. The SMILES string of the molecule is CC(C)C1CCC2C(CCC3C(C)CCCC32C)C1. The van der Waals surface area contributed by atoms with Crippen LogP contribution in [0.2, 0.25) is 0 Å². The lowest BCUT2D eigenvalue weighted by Gasteiger charge is -2.58. The van der Waals surface area contributed by atoms with Gasteiger partial charge in [0.25, 0.3) is 0 Å². The fraction of sp³-hybridized carbons (Fsp3) is 1.00. The third-order valence-electron chi connectivity index (χ3n) is 7.57. The van der Waals surface area contributed by atoms with Gasteiger partial charge in [-0.05, 0) is 79.4 Å². The Bertz CT molecular complexity index is 318. The Kier molecular flexibility index (Phi) is 3.73. The molecule has 0 aromatic heterocycles. The zero-order valence-corrected chi connectivity index (χ0v) is 13.6. The zero-order valence-electron chi connectivity index (χ0n) is 13.6. The second-order valence-corrected chi connectivity index (χ2v) is 8.74. The van der Waals surface area contributed by atoms with Crippen molar-refractivity contribution < 1.29 is 0 Å². The molecule has 19 heavy (non-hydrogen) atoms. The van der Waals surface area contributed by atoms with Crippen LogP contribution in [0.4, 0.5) is 0 Å². The maximum atomic E-state index is 2.68.